The van der Waals surface area contributed by atoms with E-state index in [1.54, 1.807) is 64.4 Å². The Balaban J connectivity index is 0.000000212. The number of alkyl halides is 9. The monoisotopic (exact) mass is 1430 g/mol. The number of hydrogen-bond acceptors (Lipinski definition) is 11. The third kappa shape index (κ3) is 21.3. The number of allylic oxidation sites excluding steroid dienone is 2. The van der Waals surface area contributed by atoms with E-state index in [4.69, 9.17) is 29.6 Å². The van der Waals surface area contributed by atoms with Crippen molar-refractivity contribution < 1.29 is 77.8 Å². The fourth-order valence-corrected chi connectivity index (χ4v) is 10.8. The van der Waals surface area contributed by atoms with E-state index < -0.39 is 59.5 Å². The molecule has 1 fully saturated rings. The molecule has 1 aliphatic rings. The molecule has 0 bridgehead atoms. The summed E-state index contributed by atoms with van der Waals surface area (Å²) in [6, 6.07) is 38.6. The number of esters is 2. The van der Waals surface area contributed by atoms with Crippen LogP contribution in [-0.2, 0) is 84.0 Å². The Morgan fingerprint density at radius 1 is 0.561 bits per heavy atom. The molecule has 1 aliphatic heterocycles. The Morgan fingerprint density at radius 3 is 1.32 bits per heavy atom. The van der Waals surface area contributed by atoms with Crippen molar-refractivity contribution in [2.75, 3.05) is 19.8 Å². The van der Waals surface area contributed by atoms with Crippen LogP contribution in [0.2, 0.25) is 0 Å². The van der Waals surface area contributed by atoms with E-state index in [-0.39, 0.29) is 31.6 Å². The summed E-state index contributed by atoms with van der Waals surface area (Å²) >= 11 is 3.27. The number of halogens is 10. The summed E-state index contributed by atoms with van der Waals surface area (Å²) in [6.45, 7) is 22.7. The van der Waals surface area contributed by atoms with Gasteiger partial charge in [0.25, 0.3) is 0 Å². The minimum Gasteiger partial charge on any atom is -0.480 e. The van der Waals surface area contributed by atoms with E-state index in [9.17, 15) is 53.9 Å². The fraction of sp³-hybridized carbons (Fsp3) is 0.342. The summed E-state index contributed by atoms with van der Waals surface area (Å²) in [7, 11) is -0.540. The lowest BCUT2D eigenvalue weighted by molar-refractivity contribution is -0.144. The van der Waals surface area contributed by atoms with Gasteiger partial charge in [-0.1, -0.05) is 127 Å². The summed E-state index contributed by atoms with van der Waals surface area (Å²) in [5, 5.41) is 17.8. The molecule has 0 atom stereocenters. The van der Waals surface area contributed by atoms with Crippen LogP contribution in [0.15, 0.2) is 161 Å². The molecule has 9 rings (SSSR count). The van der Waals surface area contributed by atoms with Crippen molar-refractivity contribution >= 4 is 52.1 Å². The van der Waals surface area contributed by atoms with Crippen molar-refractivity contribution in [1.82, 2.24) is 19.6 Å². The van der Waals surface area contributed by atoms with Gasteiger partial charge in [0.2, 0.25) is 0 Å². The number of benzene rings is 6. The third-order valence-corrected chi connectivity index (χ3v) is 17.3. The number of aryl methyl sites for hydroxylation is 2. The average molecular weight is 1430 g/mol. The van der Waals surface area contributed by atoms with Crippen LogP contribution >= 0.6 is 15.9 Å². The van der Waals surface area contributed by atoms with E-state index in [0.29, 0.717) is 72.0 Å². The van der Waals surface area contributed by atoms with Crippen LogP contribution in [-0.4, -0.2) is 86.4 Å². The maximum atomic E-state index is 13.1. The van der Waals surface area contributed by atoms with Gasteiger partial charge in [-0.2, -0.15) is 49.7 Å². The smallest absolute Gasteiger partial charge is 0.480 e. The molecule has 98 heavy (non-hydrogen) atoms. The van der Waals surface area contributed by atoms with Crippen LogP contribution in [0, 0.1) is 27.7 Å². The highest BCUT2D eigenvalue weighted by Crippen LogP contribution is 2.39. The van der Waals surface area contributed by atoms with Gasteiger partial charge in [0, 0.05) is 33.9 Å². The zero-order valence-corrected chi connectivity index (χ0v) is 58.1. The maximum Gasteiger partial charge on any atom is 0.495 e. The molecule has 522 valence electrons. The lowest BCUT2D eigenvalue weighted by Crippen LogP contribution is -2.41. The molecule has 1 saturated heterocycles. The lowest BCUT2D eigenvalue weighted by atomic mass is 9.74. The van der Waals surface area contributed by atoms with Crippen LogP contribution in [0.5, 0.6) is 0 Å². The molecule has 8 aromatic rings. The number of aromatic nitrogens is 4. The number of carbonyl (C=O) groups is 3. The van der Waals surface area contributed by atoms with Gasteiger partial charge in [0.15, 0.2) is 0 Å². The van der Waals surface area contributed by atoms with E-state index in [2.05, 4.69) is 31.1 Å². The third-order valence-electron chi connectivity index (χ3n) is 16.1. The summed E-state index contributed by atoms with van der Waals surface area (Å²) in [6.07, 6.45) is -12.1. The molecular formula is C73H79BBrF9N6O8. The van der Waals surface area contributed by atoms with Gasteiger partial charge < -0.3 is 29.6 Å². The average Bonchev–Trinajstić information content (AvgIpc) is 1.63. The minimum absolute atomic E-state index is 0.0102. The molecule has 0 amide bonds. The number of nitrogens with zero attached hydrogens (tertiary/aromatic N) is 5. The SMILES string of the molecule is CC1(C)OB(c2ccccc2Cc2cccc(C(F)(F)F)c2)OC1(C)C.CCOC(=O)CN=C(C)C(Br)=C(C)N.CCOC(=O)Cn1nc(C)c(-c2ccccc2Cc2cccc(C(F)(F)F)c2)c1C.Cc1nn(CC(=O)O)c(C)c1-c1ccccc1Cc1cccc(C(F)(F)F)c1. The second kappa shape index (κ2) is 33.6. The highest BCUT2D eigenvalue weighted by Gasteiger charge is 2.52. The number of rotatable bonds is 18. The zero-order valence-electron chi connectivity index (χ0n) is 56.5. The molecule has 0 aliphatic carbocycles. The maximum absolute atomic E-state index is 13.1. The van der Waals surface area contributed by atoms with Crippen molar-refractivity contribution in [3.63, 3.8) is 0 Å². The number of carbonyl (C=O) groups excluding carboxylic acids is 2. The molecule has 0 unspecified atom stereocenters. The molecule has 0 radical (unpaired) electrons. The molecule has 25 heteroatoms. The quantitative estimate of drug-likeness (QED) is 0.0361. The summed E-state index contributed by atoms with van der Waals surface area (Å²) in [5.74, 6) is -1.69. The number of nitrogens with two attached hydrogens (primary N) is 1. The van der Waals surface area contributed by atoms with E-state index in [1.165, 1.54) is 35.0 Å². The first-order valence-corrected chi connectivity index (χ1v) is 32.0. The molecule has 0 saturated carbocycles. The van der Waals surface area contributed by atoms with Gasteiger partial charge in [-0.25, -0.2) is 0 Å². The van der Waals surface area contributed by atoms with Crippen LogP contribution in [0.25, 0.3) is 22.3 Å². The molecular weight excluding hydrogens is 1350 g/mol. The van der Waals surface area contributed by atoms with Gasteiger partial charge in [0.1, 0.15) is 19.6 Å². The number of ether oxygens (including phenoxy) is 2. The van der Waals surface area contributed by atoms with Crippen molar-refractivity contribution in [2.45, 2.75) is 145 Å². The largest absolute Gasteiger partial charge is 0.495 e. The first-order valence-electron chi connectivity index (χ1n) is 31.2. The van der Waals surface area contributed by atoms with Gasteiger partial charge in [-0.15, -0.1) is 0 Å². The number of carboxylic acid groups (broad SMARTS) is 1. The van der Waals surface area contributed by atoms with E-state index in [0.717, 1.165) is 84.5 Å². The normalized spacial score (nSPS) is 13.8. The molecule has 0 spiro atoms. The summed E-state index contributed by atoms with van der Waals surface area (Å²) in [4.78, 5) is 37.9. The van der Waals surface area contributed by atoms with Gasteiger partial charge in [-0.3, -0.25) is 28.7 Å². The topological polar surface area (TPSA) is 182 Å². The van der Waals surface area contributed by atoms with Crippen molar-refractivity contribution in [3.8, 4) is 22.3 Å². The Hall–Kier alpha value is -8.81. The Kier molecular flexibility index (Phi) is 26.8. The van der Waals surface area contributed by atoms with Crippen LogP contribution in [0.4, 0.5) is 39.5 Å². The summed E-state index contributed by atoms with van der Waals surface area (Å²) in [5.41, 5.74) is 15.5. The molecule has 14 nitrogen and oxygen atoms in total. The first-order chi connectivity index (χ1) is 45.8. The standard InChI is InChI=1S/C23H23F3N2O2.C21H19F3N2O2.C20H22BF3O2.C9H15BrN2O2/c1-4-30-21(29)14-28-16(3)22(15(2)27-28)20-11-6-5-9-18(20)12-17-8-7-10-19(13-17)23(24,25)26;1-13-20(14(2)26(25-13)12-19(27)28)18-9-4-3-7-16(18)10-15-6-5-8-17(11-15)21(22,23)24;1-18(2)19(3,4)26-21(25-18)17-11-6-5-9-15(17)12-14-8-7-10-16(13-14)20(22,23)24;1-4-14-8(13)5-12-7(3)9(10)6(2)11/h5-11,13H,4,12,14H2,1-3H3;3-9,11H,10,12H2,1-2H3,(H,27,28);5-11,13H,12H2,1-4H3;4-5,11H2,1-3H3. The van der Waals surface area contributed by atoms with E-state index >= 15 is 0 Å². The van der Waals surface area contributed by atoms with Gasteiger partial charge in [-0.05, 0) is 186 Å². The fourth-order valence-electron chi connectivity index (χ4n) is 10.6. The zero-order chi connectivity index (χ0) is 72.7. The lowest BCUT2D eigenvalue weighted by Gasteiger charge is -2.32. The highest BCUT2D eigenvalue weighted by atomic mass is 79.9. The number of aliphatic carboxylic acids is 1. The molecule has 3 N–H and O–H groups in total. The van der Waals surface area contributed by atoms with Crippen LogP contribution < -0.4 is 11.2 Å². The minimum atomic E-state index is -4.39. The Morgan fingerprint density at radius 2 is 0.929 bits per heavy atom. The number of hydrogen-bond donors (Lipinski definition) is 2. The molecule has 6 aromatic carbocycles. The van der Waals surface area contributed by atoms with E-state index in [1.807, 2.05) is 114 Å². The number of carboxylic acids is 1. The highest BCUT2D eigenvalue weighted by molar-refractivity contribution is 9.12. The predicted molar refractivity (Wildman–Crippen MR) is 364 cm³/mol. The van der Waals surface area contributed by atoms with Crippen molar-refractivity contribution in [2.24, 2.45) is 10.7 Å². The Bertz CT molecular complexity index is 4140. The summed E-state index contributed by atoms with van der Waals surface area (Å²) < 4.78 is 143. The van der Waals surface area contributed by atoms with Gasteiger partial charge in [0.05, 0.1) is 57.0 Å². The second-order valence-corrected chi connectivity index (χ2v) is 24.8. The van der Waals surface area contributed by atoms with Crippen LogP contribution in [0.1, 0.15) is 128 Å². The van der Waals surface area contributed by atoms with Crippen LogP contribution in [0.3, 0.4) is 0 Å². The first kappa shape index (κ1) is 78.2. The van der Waals surface area contributed by atoms with Gasteiger partial charge >= 0.3 is 43.6 Å². The van der Waals surface area contributed by atoms with Crippen molar-refractivity contribution in [1.29, 1.82) is 0 Å². The predicted octanol–water partition coefficient (Wildman–Crippen LogP) is 16.4. The Labute approximate surface area is 573 Å². The number of aliphatic imine (C=N–C) groups is 1. The van der Waals surface area contributed by atoms with Crippen molar-refractivity contribution in [3.05, 3.63) is 229 Å². The second-order valence-electron chi connectivity index (χ2n) is 24.0. The molecule has 2 aromatic heterocycles. The molecule has 3 heterocycles.